The molecule has 0 aromatic heterocycles. The van der Waals surface area contributed by atoms with Crippen LogP contribution in [0.15, 0.2) is 78.9 Å². The minimum absolute atomic E-state index is 0.0432. The number of benzene rings is 3. The summed E-state index contributed by atoms with van der Waals surface area (Å²) in [6.07, 6.45) is 1.25. The SMILES string of the molecule is COC(=O)[C@H](CCCCO)NC(=O)C(Cc1ccc(-c2ccccc2)cc1)N1C(=O)c2ccccc2C1=O. The second-order valence-corrected chi connectivity index (χ2v) is 9.11. The van der Waals surface area contributed by atoms with E-state index >= 15 is 0 Å². The predicted molar refractivity (Wildman–Crippen MR) is 141 cm³/mol. The zero-order chi connectivity index (χ0) is 27.1. The zero-order valence-corrected chi connectivity index (χ0v) is 21.1. The van der Waals surface area contributed by atoms with E-state index in [0.717, 1.165) is 21.6 Å². The van der Waals surface area contributed by atoms with Gasteiger partial charge in [0.1, 0.15) is 12.1 Å². The highest BCUT2D eigenvalue weighted by Gasteiger charge is 2.43. The number of carbonyl (C=O) groups excluding carboxylic acids is 4. The third-order valence-corrected chi connectivity index (χ3v) is 6.63. The van der Waals surface area contributed by atoms with Gasteiger partial charge in [0.25, 0.3) is 11.8 Å². The fraction of sp³-hybridized carbons (Fsp3) is 0.267. The Bertz CT molecular complexity index is 1270. The fourth-order valence-electron chi connectivity index (χ4n) is 4.60. The quantitative estimate of drug-likeness (QED) is 0.230. The van der Waals surface area contributed by atoms with Crippen LogP contribution >= 0.6 is 0 Å². The number of nitrogens with zero attached hydrogens (tertiary/aromatic N) is 1. The molecule has 1 aliphatic rings. The van der Waals surface area contributed by atoms with Crippen molar-refractivity contribution in [3.63, 3.8) is 0 Å². The first-order valence-electron chi connectivity index (χ1n) is 12.5. The van der Waals surface area contributed by atoms with E-state index in [4.69, 9.17) is 9.84 Å². The highest BCUT2D eigenvalue weighted by atomic mass is 16.5. The van der Waals surface area contributed by atoms with Crippen molar-refractivity contribution >= 4 is 23.7 Å². The third-order valence-electron chi connectivity index (χ3n) is 6.63. The lowest BCUT2D eigenvalue weighted by atomic mass is 9.99. The van der Waals surface area contributed by atoms with Gasteiger partial charge in [-0.2, -0.15) is 0 Å². The van der Waals surface area contributed by atoms with E-state index in [0.29, 0.717) is 12.8 Å². The van der Waals surface area contributed by atoms with Gasteiger partial charge >= 0.3 is 5.97 Å². The van der Waals surface area contributed by atoms with Crippen molar-refractivity contribution in [3.05, 3.63) is 95.6 Å². The maximum Gasteiger partial charge on any atom is 0.328 e. The number of unbranched alkanes of at least 4 members (excludes halogenated alkanes) is 1. The minimum Gasteiger partial charge on any atom is -0.467 e. The largest absolute Gasteiger partial charge is 0.467 e. The molecule has 8 nitrogen and oxygen atoms in total. The minimum atomic E-state index is -1.19. The van der Waals surface area contributed by atoms with Crippen LogP contribution in [0.5, 0.6) is 0 Å². The second-order valence-electron chi connectivity index (χ2n) is 9.11. The van der Waals surface area contributed by atoms with Gasteiger partial charge in [-0.15, -0.1) is 0 Å². The molecule has 0 radical (unpaired) electrons. The summed E-state index contributed by atoms with van der Waals surface area (Å²) in [5.41, 5.74) is 3.25. The molecule has 0 bridgehead atoms. The summed E-state index contributed by atoms with van der Waals surface area (Å²) in [6.45, 7) is -0.0432. The van der Waals surface area contributed by atoms with Crippen LogP contribution in [-0.4, -0.2) is 59.5 Å². The predicted octanol–water partition coefficient (Wildman–Crippen LogP) is 3.38. The summed E-state index contributed by atoms with van der Waals surface area (Å²) < 4.78 is 4.85. The van der Waals surface area contributed by atoms with E-state index in [9.17, 15) is 19.2 Å². The van der Waals surface area contributed by atoms with Crippen LogP contribution in [0.1, 0.15) is 45.5 Å². The molecular formula is C30H30N2O6. The van der Waals surface area contributed by atoms with Crippen LogP contribution in [0.3, 0.4) is 0 Å². The topological polar surface area (TPSA) is 113 Å². The molecule has 38 heavy (non-hydrogen) atoms. The van der Waals surface area contributed by atoms with Gasteiger partial charge in [0.2, 0.25) is 5.91 Å². The van der Waals surface area contributed by atoms with Gasteiger partial charge in [0.15, 0.2) is 0 Å². The van der Waals surface area contributed by atoms with E-state index in [1.54, 1.807) is 24.3 Å². The van der Waals surface area contributed by atoms with E-state index in [1.165, 1.54) is 7.11 Å². The molecule has 1 heterocycles. The average Bonchev–Trinajstić information content (AvgIpc) is 3.21. The Morgan fingerprint density at radius 3 is 2.00 bits per heavy atom. The van der Waals surface area contributed by atoms with Crippen molar-refractivity contribution in [1.82, 2.24) is 10.2 Å². The van der Waals surface area contributed by atoms with Gasteiger partial charge in [-0.25, -0.2) is 4.79 Å². The number of methoxy groups -OCH3 is 1. The number of rotatable bonds is 11. The lowest BCUT2D eigenvalue weighted by Crippen LogP contribution is -2.54. The Morgan fingerprint density at radius 1 is 0.842 bits per heavy atom. The number of amides is 3. The van der Waals surface area contributed by atoms with Crippen LogP contribution < -0.4 is 5.32 Å². The molecule has 3 aromatic rings. The smallest absolute Gasteiger partial charge is 0.328 e. The maximum absolute atomic E-state index is 13.6. The first kappa shape index (κ1) is 26.8. The molecule has 1 unspecified atom stereocenters. The molecule has 1 aliphatic heterocycles. The monoisotopic (exact) mass is 514 g/mol. The Labute approximate surface area is 221 Å². The van der Waals surface area contributed by atoms with Crippen molar-refractivity contribution in [1.29, 1.82) is 0 Å². The molecule has 2 N–H and O–H groups in total. The molecule has 4 rings (SSSR count). The Balaban J connectivity index is 1.62. The van der Waals surface area contributed by atoms with Crippen LogP contribution in [0.25, 0.3) is 11.1 Å². The second kappa shape index (κ2) is 12.3. The maximum atomic E-state index is 13.6. The molecule has 0 saturated heterocycles. The fourth-order valence-corrected chi connectivity index (χ4v) is 4.60. The van der Waals surface area contributed by atoms with Gasteiger partial charge in [-0.1, -0.05) is 66.7 Å². The number of hydrogen-bond acceptors (Lipinski definition) is 6. The molecule has 0 saturated carbocycles. The number of ether oxygens (including phenoxy) is 1. The van der Waals surface area contributed by atoms with Gasteiger partial charge in [0, 0.05) is 13.0 Å². The van der Waals surface area contributed by atoms with E-state index < -0.39 is 35.8 Å². The Kier molecular flexibility index (Phi) is 8.66. The van der Waals surface area contributed by atoms with Gasteiger partial charge in [-0.05, 0) is 48.1 Å². The summed E-state index contributed by atoms with van der Waals surface area (Å²) >= 11 is 0. The van der Waals surface area contributed by atoms with Crippen LogP contribution in [-0.2, 0) is 20.7 Å². The van der Waals surface area contributed by atoms with Crippen LogP contribution in [0, 0.1) is 0 Å². The molecule has 8 heteroatoms. The third kappa shape index (κ3) is 5.81. The number of esters is 1. The van der Waals surface area contributed by atoms with Crippen LogP contribution in [0.2, 0.25) is 0 Å². The molecule has 3 aromatic carbocycles. The first-order valence-corrected chi connectivity index (χ1v) is 12.5. The molecule has 2 atom stereocenters. The standard InChI is InChI=1S/C30H30N2O6/c1-38-30(37)25(13-7-8-18-33)31-27(34)26(32-28(35)23-11-5-6-12-24(23)29(32)36)19-20-14-16-22(17-15-20)21-9-3-2-4-10-21/h2-6,9-12,14-17,25-26,33H,7-8,13,18-19H2,1H3,(H,31,34)/t25-,26?/m0/s1. The number of aliphatic hydroxyl groups excluding tert-OH is 1. The van der Waals surface area contributed by atoms with E-state index in [1.807, 2.05) is 54.6 Å². The molecule has 0 aliphatic carbocycles. The number of aliphatic hydroxyl groups is 1. The highest BCUT2D eigenvalue weighted by molar-refractivity contribution is 6.22. The van der Waals surface area contributed by atoms with E-state index in [-0.39, 0.29) is 30.6 Å². The first-order chi connectivity index (χ1) is 18.4. The van der Waals surface area contributed by atoms with Gasteiger partial charge in [-0.3, -0.25) is 19.3 Å². The van der Waals surface area contributed by atoms with Crippen molar-refractivity contribution in [2.24, 2.45) is 0 Å². The summed E-state index contributed by atoms with van der Waals surface area (Å²) in [4.78, 5) is 53.5. The van der Waals surface area contributed by atoms with Gasteiger partial charge < -0.3 is 15.2 Å². The van der Waals surface area contributed by atoms with Crippen molar-refractivity contribution < 1.29 is 29.0 Å². The van der Waals surface area contributed by atoms with Crippen molar-refractivity contribution in [2.75, 3.05) is 13.7 Å². The van der Waals surface area contributed by atoms with Crippen molar-refractivity contribution in [3.8, 4) is 11.1 Å². The van der Waals surface area contributed by atoms with Crippen LogP contribution in [0.4, 0.5) is 0 Å². The number of imide groups is 1. The van der Waals surface area contributed by atoms with Crippen molar-refractivity contribution in [2.45, 2.75) is 37.8 Å². The average molecular weight is 515 g/mol. The number of fused-ring (bicyclic) bond motifs is 1. The summed E-state index contributed by atoms with van der Waals surface area (Å²) in [6, 6.07) is 21.7. The molecule has 0 fully saturated rings. The van der Waals surface area contributed by atoms with Gasteiger partial charge in [0.05, 0.1) is 18.2 Å². The lowest BCUT2D eigenvalue weighted by Gasteiger charge is -2.27. The number of nitrogens with one attached hydrogen (secondary N) is 1. The van der Waals surface area contributed by atoms with E-state index in [2.05, 4.69) is 5.32 Å². The Hall–Kier alpha value is -4.30. The molecular weight excluding hydrogens is 484 g/mol. The molecule has 196 valence electrons. The molecule has 0 spiro atoms. The lowest BCUT2D eigenvalue weighted by molar-refractivity contribution is -0.145. The number of hydrogen-bond donors (Lipinski definition) is 2. The summed E-state index contributed by atoms with van der Waals surface area (Å²) in [7, 11) is 1.23. The normalized spacial score (nSPS) is 14.1. The number of carbonyl (C=O) groups is 4. The summed E-state index contributed by atoms with van der Waals surface area (Å²) in [5.74, 6) is -2.38. The zero-order valence-electron chi connectivity index (χ0n) is 21.1. The molecule has 3 amide bonds. The highest BCUT2D eigenvalue weighted by Crippen LogP contribution is 2.27. The summed E-state index contributed by atoms with van der Waals surface area (Å²) in [5, 5.41) is 11.8. The Morgan fingerprint density at radius 2 is 1.42 bits per heavy atom.